The molecular weight excluding hydrogens is 451 g/mol. The van der Waals surface area contributed by atoms with Crippen molar-refractivity contribution in [2.24, 2.45) is 0 Å². The molecule has 1 aliphatic carbocycles. The van der Waals surface area contributed by atoms with Gasteiger partial charge in [0.15, 0.2) is 0 Å². The van der Waals surface area contributed by atoms with Crippen molar-refractivity contribution >= 4 is 45.0 Å². The summed E-state index contributed by atoms with van der Waals surface area (Å²) in [6.45, 7) is 2.17. The number of alkyl halides is 1. The lowest BCUT2D eigenvalue weighted by atomic mass is 9.83. The summed E-state index contributed by atoms with van der Waals surface area (Å²) in [5.74, 6) is 0.335. The lowest BCUT2D eigenvalue weighted by molar-refractivity contribution is -0.138. The number of carbonyl (C=O) groups excluding carboxylic acids is 2. The lowest BCUT2D eigenvalue weighted by Crippen LogP contribution is -2.38. The summed E-state index contributed by atoms with van der Waals surface area (Å²) < 4.78 is 21.6. The molecule has 0 radical (unpaired) electrons. The van der Waals surface area contributed by atoms with Crippen LogP contribution >= 0.6 is 22.9 Å². The Balaban J connectivity index is 1.53. The summed E-state index contributed by atoms with van der Waals surface area (Å²) in [7, 11) is 0. The molecule has 2 amide bonds. The number of carbonyl (C=O) groups is 2. The second kappa shape index (κ2) is 8.12. The minimum atomic E-state index is -1.26. The van der Waals surface area contributed by atoms with E-state index in [-0.39, 0.29) is 37.8 Å². The molecule has 2 aromatic heterocycles. The Labute approximate surface area is 194 Å². The first-order valence-corrected chi connectivity index (χ1v) is 11.9. The van der Waals surface area contributed by atoms with Gasteiger partial charge in [0.25, 0.3) is 0 Å². The molecule has 3 heterocycles. The molecule has 0 unspecified atom stereocenters. The minimum Gasteiger partial charge on any atom is -0.489 e. The third kappa shape index (κ3) is 3.88. The number of aryl methyl sites for hydroxylation is 1. The maximum atomic E-state index is 14.6. The molecule has 1 aromatic carbocycles. The molecule has 5 nitrogen and oxygen atoms in total. The van der Waals surface area contributed by atoms with Crippen molar-refractivity contribution in [1.82, 2.24) is 9.88 Å². The summed E-state index contributed by atoms with van der Waals surface area (Å²) >= 11 is 7.87. The van der Waals surface area contributed by atoms with Crippen molar-refractivity contribution in [2.45, 2.75) is 51.2 Å². The number of pyridine rings is 1. The van der Waals surface area contributed by atoms with Crippen molar-refractivity contribution in [2.75, 3.05) is 6.61 Å². The first kappa shape index (κ1) is 21.3. The zero-order valence-corrected chi connectivity index (χ0v) is 19.2. The zero-order chi connectivity index (χ0) is 22.5. The average Bonchev–Trinajstić information content (AvgIpc) is 3.29. The number of hydrogen-bond donors (Lipinski definition) is 0. The van der Waals surface area contributed by atoms with E-state index >= 15 is 0 Å². The molecule has 1 aliphatic heterocycles. The fraction of sp³-hybridized carbons (Fsp3) is 0.375. The number of amides is 2. The molecule has 3 aromatic rings. The van der Waals surface area contributed by atoms with Crippen molar-refractivity contribution in [1.29, 1.82) is 0 Å². The van der Waals surface area contributed by atoms with Gasteiger partial charge in [-0.05, 0) is 56.0 Å². The Morgan fingerprint density at radius 2 is 1.94 bits per heavy atom. The van der Waals surface area contributed by atoms with E-state index in [9.17, 15) is 14.0 Å². The summed E-state index contributed by atoms with van der Waals surface area (Å²) in [6, 6.07) is 7.44. The van der Waals surface area contributed by atoms with Crippen LogP contribution in [-0.2, 0) is 16.1 Å². The molecule has 0 spiro atoms. The van der Waals surface area contributed by atoms with E-state index in [2.05, 4.69) is 4.98 Å². The zero-order valence-electron chi connectivity index (χ0n) is 17.6. The van der Waals surface area contributed by atoms with Gasteiger partial charge in [0.05, 0.1) is 16.8 Å². The summed E-state index contributed by atoms with van der Waals surface area (Å²) in [4.78, 5) is 30.7. The second-order valence-corrected chi connectivity index (χ2v) is 10.1. The van der Waals surface area contributed by atoms with Gasteiger partial charge in [-0.1, -0.05) is 11.6 Å². The molecule has 5 rings (SSSR count). The Kier molecular flexibility index (Phi) is 5.42. The highest BCUT2D eigenvalue weighted by molar-refractivity contribution is 7.19. The number of halogens is 2. The second-order valence-electron chi connectivity index (χ2n) is 8.55. The first-order valence-electron chi connectivity index (χ1n) is 10.7. The van der Waals surface area contributed by atoms with Gasteiger partial charge >= 0.3 is 0 Å². The molecule has 0 atom stereocenters. The van der Waals surface area contributed by atoms with Crippen LogP contribution in [0.3, 0.4) is 0 Å². The molecule has 0 N–H and O–H groups in total. The van der Waals surface area contributed by atoms with E-state index in [1.807, 2.05) is 31.2 Å². The summed E-state index contributed by atoms with van der Waals surface area (Å²) in [6.07, 6.45) is 4.19. The lowest BCUT2D eigenvalue weighted by Gasteiger charge is -2.33. The van der Waals surface area contributed by atoms with Crippen LogP contribution in [-0.4, -0.2) is 34.0 Å². The third-order valence-electron chi connectivity index (χ3n) is 6.19. The molecule has 1 saturated heterocycles. The van der Waals surface area contributed by atoms with Crippen molar-refractivity contribution in [3.63, 3.8) is 0 Å². The largest absolute Gasteiger partial charge is 0.489 e. The van der Waals surface area contributed by atoms with Gasteiger partial charge in [-0.25, -0.2) is 4.39 Å². The van der Waals surface area contributed by atoms with Crippen LogP contribution in [0.25, 0.3) is 21.3 Å². The average molecular weight is 473 g/mol. The molecular formula is C24H22ClFN2O3S. The van der Waals surface area contributed by atoms with Gasteiger partial charge in [0.1, 0.15) is 18.0 Å². The Morgan fingerprint density at radius 1 is 1.19 bits per heavy atom. The van der Waals surface area contributed by atoms with E-state index < -0.39 is 5.67 Å². The smallest absolute Gasteiger partial charge is 0.230 e. The van der Waals surface area contributed by atoms with E-state index in [1.54, 1.807) is 6.20 Å². The number of nitrogens with zero attached hydrogens (tertiary/aromatic N) is 2. The number of thiophene rings is 1. The first-order chi connectivity index (χ1) is 15.3. The van der Waals surface area contributed by atoms with E-state index in [4.69, 9.17) is 16.3 Å². The maximum absolute atomic E-state index is 14.6. The van der Waals surface area contributed by atoms with Crippen LogP contribution in [0.4, 0.5) is 4.39 Å². The molecule has 32 heavy (non-hydrogen) atoms. The number of hydrogen-bond acceptors (Lipinski definition) is 5. The molecule has 8 heteroatoms. The van der Waals surface area contributed by atoms with E-state index in [1.165, 1.54) is 16.2 Å². The van der Waals surface area contributed by atoms with Crippen LogP contribution in [0, 0.1) is 6.92 Å². The summed E-state index contributed by atoms with van der Waals surface area (Å²) in [5, 5.41) is 0.568. The molecule has 0 bridgehead atoms. The van der Waals surface area contributed by atoms with Crippen molar-refractivity contribution in [3.8, 4) is 16.9 Å². The molecule has 2 aliphatic rings. The van der Waals surface area contributed by atoms with Crippen molar-refractivity contribution in [3.05, 3.63) is 45.9 Å². The summed E-state index contributed by atoms with van der Waals surface area (Å²) in [5.41, 5.74) is 2.01. The number of likely N-dealkylation sites (tertiary alicyclic amines) is 1. The van der Waals surface area contributed by atoms with Gasteiger partial charge in [-0.3, -0.25) is 19.5 Å². The fourth-order valence-electron chi connectivity index (χ4n) is 4.26. The van der Waals surface area contributed by atoms with Crippen LogP contribution in [0.15, 0.2) is 30.5 Å². The highest BCUT2D eigenvalue weighted by Gasteiger charge is 2.38. The number of ether oxygens (including phenoxy) is 1. The Bertz CT molecular complexity index is 1220. The SMILES string of the molecule is Cc1cc(Cl)cc(-c2ccnc3cc(CN4C(=O)CCC4=O)sc23)c1OCC1(F)CCC1. The number of benzene rings is 1. The Hall–Kier alpha value is -2.51. The third-order valence-corrected chi connectivity index (χ3v) is 7.55. The van der Waals surface area contributed by atoms with E-state index in [0.29, 0.717) is 23.6 Å². The van der Waals surface area contributed by atoms with Gasteiger partial charge in [0, 0.05) is 40.1 Å². The quantitative estimate of drug-likeness (QED) is 0.422. The Morgan fingerprint density at radius 3 is 2.62 bits per heavy atom. The monoisotopic (exact) mass is 472 g/mol. The molecule has 2 fully saturated rings. The van der Waals surface area contributed by atoms with Gasteiger partial charge in [-0.15, -0.1) is 11.3 Å². The molecule has 1 saturated carbocycles. The normalized spacial score (nSPS) is 17.8. The van der Waals surface area contributed by atoms with Gasteiger partial charge in [-0.2, -0.15) is 0 Å². The topological polar surface area (TPSA) is 59.5 Å². The van der Waals surface area contributed by atoms with Crippen molar-refractivity contribution < 1.29 is 18.7 Å². The highest BCUT2D eigenvalue weighted by atomic mass is 35.5. The fourth-order valence-corrected chi connectivity index (χ4v) is 5.66. The van der Waals surface area contributed by atoms with Gasteiger partial charge in [0.2, 0.25) is 11.8 Å². The molecule has 166 valence electrons. The number of imide groups is 1. The van der Waals surface area contributed by atoms with Crippen LogP contribution in [0.5, 0.6) is 5.75 Å². The highest BCUT2D eigenvalue weighted by Crippen LogP contribution is 2.43. The number of aromatic nitrogens is 1. The number of fused-ring (bicyclic) bond motifs is 1. The predicted molar refractivity (Wildman–Crippen MR) is 123 cm³/mol. The number of rotatable bonds is 6. The standard InChI is InChI=1S/C24H22ClFN2O3S/c1-14-9-15(25)10-18(22(14)31-13-24(26)6-2-7-24)17-5-8-27-19-11-16(32-23(17)19)12-28-20(29)3-4-21(28)30/h5,8-11H,2-4,6-7,12-13H2,1H3. The minimum absolute atomic E-state index is 0.0194. The van der Waals surface area contributed by atoms with E-state index in [0.717, 1.165) is 38.2 Å². The van der Waals surface area contributed by atoms with Crippen LogP contribution in [0.2, 0.25) is 5.02 Å². The van der Waals surface area contributed by atoms with Crippen LogP contribution < -0.4 is 4.74 Å². The van der Waals surface area contributed by atoms with Crippen LogP contribution in [0.1, 0.15) is 42.5 Å². The van der Waals surface area contributed by atoms with Gasteiger partial charge < -0.3 is 4.74 Å². The predicted octanol–water partition coefficient (Wildman–Crippen LogP) is 5.85. The maximum Gasteiger partial charge on any atom is 0.230 e.